The van der Waals surface area contributed by atoms with Crippen LogP contribution in [0.5, 0.6) is 11.5 Å². The first-order valence-corrected chi connectivity index (χ1v) is 11.9. The van der Waals surface area contributed by atoms with E-state index in [1.54, 1.807) is 72.8 Å². The summed E-state index contributed by atoms with van der Waals surface area (Å²) in [6.45, 7) is 7.11. The molecule has 0 aliphatic rings. The summed E-state index contributed by atoms with van der Waals surface area (Å²) < 4.78 is 21.6. The highest BCUT2D eigenvalue weighted by atomic mass is 16.5. The van der Waals surface area contributed by atoms with E-state index in [9.17, 15) is 9.59 Å². The Morgan fingerprint density at radius 1 is 0.556 bits per heavy atom. The lowest BCUT2D eigenvalue weighted by atomic mass is 10.2. The lowest BCUT2D eigenvalue weighted by Crippen LogP contribution is -2.13. The molecule has 3 rings (SSSR count). The van der Waals surface area contributed by atoms with Crippen molar-refractivity contribution in [3.8, 4) is 11.5 Å². The van der Waals surface area contributed by atoms with Gasteiger partial charge in [-0.1, -0.05) is 0 Å². The van der Waals surface area contributed by atoms with Crippen LogP contribution in [0.4, 0.5) is 11.4 Å². The summed E-state index contributed by atoms with van der Waals surface area (Å²) in [6.07, 6.45) is 0. The summed E-state index contributed by atoms with van der Waals surface area (Å²) in [5.41, 5.74) is 2.25. The second-order valence-corrected chi connectivity index (χ2v) is 7.63. The van der Waals surface area contributed by atoms with E-state index < -0.39 is 0 Å². The minimum absolute atomic E-state index is 0.240. The van der Waals surface area contributed by atoms with Crippen LogP contribution in [-0.2, 0) is 9.47 Å². The molecule has 0 atom stereocenters. The number of hydrogen-bond acceptors (Lipinski definition) is 6. The molecule has 0 saturated carbocycles. The van der Waals surface area contributed by atoms with Gasteiger partial charge in [0, 0.05) is 35.7 Å². The second-order valence-electron chi connectivity index (χ2n) is 7.63. The van der Waals surface area contributed by atoms with Gasteiger partial charge in [-0.25, -0.2) is 0 Å². The molecule has 0 aliphatic heterocycles. The summed E-state index contributed by atoms with van der Waals surface area (Å²) in [7, 11) is 0. The van der Waals surface area contributed by atoms with Crippen molar-refractivity contribution < 1.29 is 28.5 Å². The van der Waals surface area contributed by atoms with E-state index in [1.807, 2.05) is 13.8 Å². The van der Waals surface area contributed by atoms with E-state index in [1.165, 1.54) is 0 Å². The number of ether oxygens (including phenoxy) is 4. The smallest absolute Gasteiger partial charge is 0.255 e. The lowest BCUT2D eigenvalue weighted by molar-refractivity contribution is 0.101. The minimum Gasteiger partial charge on any atom is -0.491 e. The Kier molecular flexibility index (Phi) is 10.8. The van der Waals surface area contributed by atoms with Crippen molar-refractivity contribution >= 4 is 23.2 Å². The Bertz CT molecular complexity index is 994. The van der Waals surface area contributed by atoms with Gasteiger partial charge in [-0.2, -0.15) is 0 Å². The number of anilines is 2. The van der Waals surface area contributed by atoms with Gasteiger partial charge >= 0.3 is 0 Å². The SMILES string of the molecule is CCOCCOc1ccc(C(=O)Nc2ccc(NC(=O)c3ccc(OCCOCC)cc3)cc2)cc1. The molecule has 0 saturated heterocycles. The van der Waals surface area contributed by atoms with Crippen molar-refractivity contribution in [2.75, 3.05) is 50.3 Å². The molecule has 3 aromatic carbocycles. The first-order chi connectivity index (χ1) is 17.6. The Morgan fingerprint density at radius 2 is 0.917 bits per heavy atom. The fourth-order valence-corrected chi connectivity index (χ4v) is 3.17. The summed E-state index contributed by atoms with van der Waals surface area (Å²) in [6, 6.07) is 20.7. The third-order valence-corrected chi connectivity index (χ3v) is 5.03. The van der Waals surface area contributed by atoms with Crippen LogP contribution in [0, 0.1) is 0 Å². The highest BCUT2D eigenvalue weighted by Gasteiger charge is 2.09. The summed E-state index contributed by atoms with van der Waals surface area (Å²) >= 11 is 0. The molecular weight excluding hydrogens is 460 g/mol. The maximum absolute atomic E-state index is 12.5. The standard InChI is InChI=1S/C28H32N2O6/c1-3-33-17-19-35-25-13-5-21(6-14-25)27(31)29-23-9-11-24(12-10-23)30-28(32)22-7-15-26(16-8-22)36-20-18-34-4-2/h5-16H,3-4,17-20H2,1-2H3,(H,29,31)(H,30,32). The molecule has 0 heterocycles. The van der Waals surface area contributed by atoms with Gasteiger partial charge in [0.05, 0.1) is 13.2 Å². The predicted octanol–water partition coefficient (Wildman–Crippen LogP) is 5.02. The van der Waals surface area contributed by atoms with Crippen LogP contribution in [0.25, 0.3) is 0 Å². The zero-order valence-corrected chi connectivity index (χ0v) is 20.6. The molecular formula is C28H32N2O6. The summed E-state index contributed by atoms with van der Waals surface area (Å²) in [4.78, 5) is 25.1. The summed E-state index contributed by atoms with van der Waals surface area (Å²) in [5.74, 6) is 0.873. The molecule has 2 amide bonds. The van der Waals surface area contributed by atoms with Gasteiger partial charge in [0.25, 0.3) is 11.8 Å². The fraction of sp³-hybridized carbons (Fsp3) is 0.286. The van der Waals surface area contributed by atoms with Crippen LogP contribution in [0.2, 0.25) is 0 Å². The van der Waals surface area contributed by atoms with Crippen LogP contribution in [0.15, 0.2) is 72.8 Å². The molecule has 36 heavy (non-hydrogen) atoms. The third kappa shape index (κ3) is 8.72. The fourth-order valence-electron chi connectivity index (χ4n) is 3.17. The van der Waals surface area contributed by atoms with Crippen LogP contribution < -0.4 is 20.1 Å². The van der Waals surface area contributed by atoms with E-state index >= 15 is 0 Å². The lowest BCUT2D eigenvalue weighted by Gasteiger charge is -2.10. The van der Waals surface area contributed by atoms with E-state index in [-0.39, 0.29) is 11.8 Å². The monoisotopic (exact) mass is 492 g/mol. The highest BCUT2D eigenvalue weighted by molar-refractivity contribution is 6.05. The van der Waals surface area contributed by atoms with Crippen LogP contribution in [-0.4, -0.2) is 51.5 Å². The molecule has 8 heteroatoms. The number of rotatable bonds is 14. The van der Waals surface area contributed by atoms with Crippen molar-refractivity contribution in [2.24, 2.45) is 0 Å². The van der Waals surface area contributed by atoms with E-state index in [0.29, 0.717) is 73.6 Å². The van der Waals surface area contributed by atoms with Crippen LogP contribution >= 0.6 is 0 Å². The van der Waals surface area contributed by atoms with Gasteiger partial charge < -0.3 is 29.6 Å². The highest BCUT2D eigenvalue weighted by Crippen LogP contribution is 2.18. The predicted molar refractivity (Wildman–Crippen MR) is 139 cm³/mol. The zero-order valence-electron chi connectivity index (χ0n) is 20.6. The number of benzene rings is 3. The van der Waals surface area contributed by atoms with Crippen molar-refractivity contribution in [1.82, 2.24) is 0 Å². The Morgan fingerprint density at radius 3 is 1.25 bits per heavy atom. The first-order valence-electron chi connectivity index (χ1n) is 11.9. The molecule has 190 valence electrons. The van der Waals surface area contributed by atoms with Gasteiger partial charge in [-0.05, 0) is 86.6 Å². The van der Waals surface area contributed by atoms with Crippen molar-refractivity contribution in [3.05, 3.63) is 83.9 Å². The molecule has 0 radical (unpaired) electrons. The normalized spacial score (nSPS) is 10.5. The van der Waals surface area contributed by atoms with Crippen molar-refractivity contribution in [1.29, 1.82) is 0 Å². The molecule has 0 unspecified atom stereocenters. The van der Waals surface area contributed by atoms with E-state index in [0.717, 1.165) is 0 Å². The average Bonchev–Trinajstić information content (AvgIpc) is 2.91. The Hall–Kier alpha value is -3.88. The van der Waals surface area contributed by atoms with Gasteiger partial charge in [0.2, 0.25) is 0 Å². The second kappa shape index (κ2) is 14.5. The Balaban J connectivity index is 1.47. The molecule has 3 aromatic rings. The van der Waals surface area contributed by atoms with Gasteiger partial charge in [0.1, 0.15) is 24.7 Å². The molecule has 0 bridgehead atoms. The number of carbonyl (C=O) groups is 2. The quantitative estimate of drug-likeness (QED) is 0.307. The molecule has 0 aliphatic carbocycles. The third-order valence-electron chi connectivity index (χ3n) is 5.03. The molecule has 0 spiro atoms. The number of carbonyl (C=O) groups excluding carboxylic acids is 2. The molecule has 2 N–H and O–H groups in total. The number of hydrogen-bond donors (Lipinski definition) is 2. The molecule has 0 fully saturated rings. The van der Waals surface area contributed by atoms with Crippen molar-refractivity contribution in [3.63, 3.8) is 0 Å². The average molecular weight is 493 g/mol. The maximum atomic E-state index is 12.5. The maximum Gasteiger partial charge on any atom is 0.255 e. The largest absolute Gasteiger partial charge is 0.491 e. The minimum atomic E-state index is -0.240. The van der Waals surface area contributed by atoms with E-state index in [2.05, 4.69) is 10.6 Å². The van der Waals surface area contributed by atoms with Crippen molar-refractivity contribution in [2.45, 2.75) is 13.8 Å². The van der Waals surface area contributed by atoms with Crippen LogP contribution in [0.1, 0.15) is 34.6 Å². The van der Waals surface area contributed by atoms with Gasteiger partial charge in [-0.3, -0.25) is 9.59 Å². The topological polar surface area (TPSA) is 95.1 Å². The van der Waals surface area contributed by atoms with Gasteiger partial charge in [-0.15, -0.1) is 0 Å². The van der Waals surface area contributed by atoms with Gasteiger partial charge in [0.15, 0.2) is 0 Å². The molecule has 0 aromatic heterocycles. The first kappa shape index (κ1) is 26.7. The Labute approximate surface area is 211 Å². The molecule has 8 nitrogen and oxygen atoms in total. The van der Waals surface area contributed by atoms with E-state index in [4.69, 9.17) is 18.9 Å². The zero-order chi connectivity index (χ0) is 25.6. The van der Waals surface area contributed by atoms with Crippen LogP contribution in [0.3, 0.4) is 0 Å². The number of nitrogens with one attached hydrogen (secondary N) is 2. The number of amides is 2. The summed E-state index contributed by atoms with van der Waals surface area (Å²) in [5, 5.41) is 5.69.